The van der Waals surface area contributed by atoms with Gasteiger partial charge in [0.25, 0.3) is 0 Å². The first-order chi connectivity index (χ1) is 11.2. The summed E-state index contributed by atoms with van der Waals surface area (Å²) in [7, 11) is 0. The molecule has 1 amide bonds. The molecule has 24 heavy (non-hydrogen) atoms. The number of amides is 1. The van der Waals surface area contributed by atoms with Gasteiger partial charge in [-0.05, 0) is 36.0 Å². The van der Waals surface area contributed by atoms with E-state index in [9.17, 15) is 13.6 Å². The Hall–Kier alpha value is -2.00. The van der Waals surface area contributed by atoms with Crippen LogP contribution in [0, 0.1) is 22.6 Å². The zero-order valence-corrected chi connectivity index (χ0v) is 14.0. The number of carbonyl (C=O) groups is 1. The Labute approximate surface area is 141 Å². The van der Waals surface area contributed by atoms with Crippen molar-refractivity contribution < 1.29 is 13.6 Å². The van der Waals surface area contributed by atoms with Crippen molar-refractivity contribution in [1.82, 2.24) is 4.90 Å². The van der Waals surface area contributed by atoms with Crippen LogP contribution in [0.1, 0.15) is 32.3 Å². The van der Waals surface area contributed by atoms with Crippen molar-refractivity contribution in [2.75, 3.05) is 6.54 Å². The maximum atomic E-state index is 13.5. The molecule has 3 atom stereocenters. The molecule has 1 aliphatic rings. The predicted molar refractivity (Wildman–Crippen MR) is 87.1 cm³/mol. The summed E-state index contributed by atoms with van der Waals surface area (Å²) >= 11 is 0. The second-order valence-electron chi connectivity index (χ2n) is 7.06. The van der Waals surface area contributed by atoms with Crippen LogP contribution < -0.4 is 5.73 Å². The molecule has 1 saturated heterocycles. The van der Waals surface area contributed by atoms with Crippen LogP contribution in [0.25, 0.3) is 0 Å². The Morgan fingerprint density at radius 3 is 2.67 bits per heavy atom. The molecule has 4 nitrogen and oxygen atoms in total. The van der Waals surface area contributed by atoms with Crippen LogP contribution >= 0.6 is 0 Å². The quantitative estimate of drug-likeness (QED) is 0.899. The third-order valence-electron chi connectivity index (χ3n) is 4.76. The summed E-state index contributed by atoms with van der Waals surface area (Å²) in [5, 5.41) is 9.08. The van der Waals surface area contributed by atoms with Gasteiger partial charge in [-0.15, -0.1) is 0 Å². The van der Waals surface area contributed by atoms with E-state index in [-0.39, 0.29) is 24.7 Å². The Morgan fingerprint density at radius 2 is 2.08 bits per heavy atom. The number of hydrogen-bond acceptors (Lipinski definition) is 3. The molecule has 130 valence electrons. The third kappa shape index (κ3) is 4.09. The highest BCUT2D eigenvalue weighted by atomic mass is 19.1. The molecule has 0 aliphatic carbocycles. The average Bonchev–Trinajstić information content (AvgIpc) is 2.94. The molecular formula is C18H23F2N3O. The van der Waals surface area contributed by atoms with Crippen LogP contribution in [0.4, 0.5) is 8.78 Å². The standard InChI is InChI=1S/C18H23F2N3O/c1-18(2,8-7-12-3-5-13(19)6-4-12)16(22)17(24)23-11-14(20)9-15(23)10-21/h3-6,14-16H,7-9,11,22H2,1-2H3/t14-,15-,16+/m0/s1. The first-order valence-corrected chi connectivity index (χ1v) is 8.09. The number of alkyl halides is 1. The van der Waals surface area contributed by atoms with Crippen molar-refractivity contribution in [2.24, 2.45) is 11.1 Å². The molecule has 2 N–H and O–H groups in total. The summed E-state index contributed by atoms with van der Waals surface area (Å²) in [6, 6.07) is 6.62. The maximum absolute atomic E-state index is 13.5. The van der Waals surface area contributed by atoms with Crippen LogP contribution in [0.5, 0.6) is 0 Å². The van der Waals surface area contributed by atoms with Crippen molar-refractivity contribution in [2.45, 2.75) is 51.4 Å². The number of nitrogens with zero attached hydrogens (tertiary/aromatic N) is 2. The number of halogens is 2. The number of nitrogens with two attached hydrogens (primary N) is 1. The van der Waals surface area contributed by atoms with E-state index in [1.807, 2.05) is 19.9 Å². The van der Waals surface area contributed by atoms with E-state index < -0.39 is 23.7 Å². The van der Waals surface area contributed by atoms with Crippen LogP contribution in [-0.2, 0) is 11.2 Å². The Balaban J connectivity index is 2.01. The van der Waals surface area contributed by atoms with E-state index in [0.717, 1.165) is 5.56 Å². The van der Waals surface area contributed by atoms with Crippen LogP contribution in [0.15, 0.2) is 24.3 Å². The van der Waals surface area contributed by atoms with Crippen molar-refractivity contribution in [3.63, 3.8) is 0 Å². The van der Waals surface area contributed by atoms with Gasteiger partial charge in [-0.1, -0.05) is 26.0 Å². The highest BCUT2D eigenvalue weighted by molar-refractivity contribution is 5.83. The number of likely N-dealkylation sites (tertiary alicyclic amines) is 1. The van der Waals surface area contributed by atoms with Crippen LogP contribution in [-0.4, -0.2) is 35.6 Å². The minimum absolute atomic E-state index is 0.0466. The lowest BCUT2D eigenvalue weighted by Crippen LogP contribution is -2.52. The summed E-state index contributed by atoms with van der Waals surface area (Å²) in [5.41, 5.74) is 6.58. The second kappa shape index (κ2) is 7.27. The van der Waals surface area contributed by atoms with Crippen molar-refractivity contribution in [1.29, 1.82) is 5.26 Å². The topological polar surface area (TPSA) is 70.1 Å². The van der Waals surface area contributed by atoms with Crippen LogP contribution in [0.2, 0.25) is 0 Å². The SMILES string of the molecule is CC(C)(CCc1ccc(F)cc1)[C@H](N)C(=O)N1C[C@@H](F)C[C@H]1C#N. The molecule has 1 aromatic carbocycles. The smallest absolute Gasteiger partial charge is 0.241 e. The molecule has 1 heterocycles. The van der Waals surface area contributed by atoms with E-state index in [0.29, 0.717) is 12.8 Å². The normalized spacial score (nSPS) is 22.2. The minimum Gasteiger partial charge on any atom is -0.322 e. The molecule has 2 rings (SSSR count). The fourth-order valence-electron chi connectivity index (χ4n) is 2.94. The number of rotatable bonds is 5. The van der Waals surface area contributed by atoms with Gasteiger partial charge in [0, 0.05) is 6.42 Å². The van der Waals surface area contributed by atoms with E-state index in [4.69, 9.17) is 11.0 Å². The van der Waals surface area contributed by atoms with Crippen molar-refractivity contribution in [3.05, 3.63) is 35.6 Å². The van der Waals surface area contributed by atoms with Gasteiger partial charge >= 0.3 is 0 Å². The molecule has 0 spiro atoms. The third-order valence-corrected chi connectivity index (χ3v) is 4.76. The lowest BCUT2D eigenvalue weighted by atomic mass is 9.79. The van der Waals surface area contributed by atoms with Crippen LogP contribution in [0.3, 0.4) is 0 Å². The Morgan fingerprint density at radius 1 is 1.46 bits per heavy atom. The highest BCUT2D eigenvalue weighted by Gasteiger charge is 2.41. The number of benzene rings is 1. The van der Waals surface area contributed by atoms with Gasteiger partial charge in [0.1, 0.15) is 18.0 Å². The van der Waals surface area contributed by atoms with E-state index in [2.05, 4.69) is 0 Å². The summed E-state index contributed by atoms with van der Waals surface area (Å²) in [4.78, 5) is 13.9. The first-order valence-electron chi connectivity index (χ1n) is 8.09. The molecule has 0 saturated carbocycles. The Bertz CT molecular complexity index is 624. The van der Waals surface area contributed by atoms with E-state index in [1.54, 1.807) is 12.1 Å². The lowest BCUT2D eigenvalue weighted by Gasteiger charge is -2.34. The van der Waals surface area contributed by atoms with Crippen molar-refractivity contribution in [3.8, 4) is 6.07 Å². The van der Waals surface area contributed by atoms with E-state index >= 15 is 0 Å². The van der Waals surface area contributed by atoms with Gasteiger partial charge in [0.15, 0.2) is 0 Å². The maximum Gasteiger partial charge on any atom is 0.241 e. The fraction of sp³-hybridized carbons (Fsp3) is 0.556. The molecule has 0 radical (unpaired) electrons. The molecule has 0 unspecified atom stereocenters. The summed E-state index contributed by atoms with van der Waals surface area (Å²) in [6.07, 6.45) is 0.149. The minimum atomic E-state index is -1.17. The number of hydrogen-bond donors (Lipinski definition) is 1. The molecule has 0 bridgehead atoms. The molecule has 1 aromatic rings. The number of nitriles is 1. The first kappa shape index (κ1) is 18.3. The average molecular weight is 335 g/mol. The summed E-state index contributed by atoms with van der Waals surface area (Å²) in [6.45, 7) is 3.69. The van der Waals surface area contributed by atoms with E-state index in [1.165, 1.54) is 17.0 Å². The molecule has 6 heteroatoms. The molecular weight excluding hydrogens is 312 g/mol. The van der Waals surface area contributed by atoms with Crippen molar-refractivity contribution >= 4 is 5.91 Å². The van der Waals surface area contributed by atoms with Gasteiger partial charge in [0.05, 0.1) is 18.7 Å². The zero-order chi connectivity index (χ0) is 17.9. The zero-order valence-electron chi connectivity index (χ0n) is 14.0. The van der Waals surface area contributed by atoms with Gasteiger partial charge < -0.3 is 10.6 Å². The predicted octanol–water partition coefficient (Wildman–Crippen LogP) is 2.57. The second-order valence-corrected chi connectivity index (χ2v) is 7.06. The fourth-order valence-corrected chi connectivity index (χ4v) is 2.94. The monoisotopic (exact) mass is 335 g/mol. The number of carbonyl (C=O) groups excluding carboxylic acids is 1. The van der Waals surface area contributed by atoms with Gasteiger partial charge in [-0.3, -0.25) is 4.79 Å². The Kier molecular flexibility index (Phi) is 5.55. The molecule has 1 aliphatic heterocycles. The van der Waals surface area contributed by atoms with Gasteiger partial charge in [-0.2, -0.15) is 5.26 Å². The van der Waals surface area contributed by atoms with Gasteiger partial charge in [0.2, 0.25) is 5.91 Å². The summed E-state index contributed by atoms with van der Waals surface area (Å²) < 4.78 is 26.5. The largest absolute Gasteiger partial charge is 0.322 e. The lowest BCUT2D eigenvalue weighted by molar-refractivity contribution is -0.135. The van der Waals surface area contributed by atoms with Gasteiger partial charge in [-0.25, -0.2) is 8.78 Å². The number of aryl methyl sites for hydroxylation is 1. The highest BCUT2D eigenvalue weighted by Crippen LogP contribution is 2.30. The molecule has 0 aromatic heterocycles. The molecule has 1 fully saturated rings. The summed E-state index contributed by atoms with van der Waals surface area (Å²) in [5.74, 6) is -0.673.